The molecule has 9 nitrogen and oxygen atoms in total. The molecule has 1 aromatic carbocycles. The zero-order chi connectivity index (χ0) is 15.4. The third-order valence-electron chi connectivity index (χ3n) is 2.78. The van der Waals surface area contributed by atoms with Crippen LogP contribution in [0.15, 0.2) is 35.0 Å². The van der Waals surface area contributed by atoms with E-state index in [1.54, 1.807) is 6.92 Å². The molecular weight excluding hydrogens is 288 g/mol. The minimum atomic E-state index is -0.622. The van der Waals surface area contributed by atoms with Crippen molar-refractivity contribution in [3.63, 3.8) is 0 Å². The molecule has 0 saturated heterocycles. The summed E-state index contributed by atoms with van der Waals surface area (Å²) in [4.78, 5) is 11.4. The van der Waals surface area contributed by atoms with E-state index in [4.69, 9.17) is 9.37 Å². The van der Waals surface area contributed by atoms with Crippen molar-refractivity contribution in [1.82, 2.24) is 25.8 Å². The van der Waals surface area contributed by atoms with Gasteiger partial charge in [-0.3, -0.25) is 0 Å². The third-order valence-corrected chi connectivity index (χ3v) is 2.78. The summed E-state index contributed by atoms with van der Waals surface area (Å²) in [7, 11) is 0. The molecule has 0 atom stereocenters. The van der Waals surface area contributed by atoms with Gasteiger partial charge in [-0.1, -0.05) is 18.2 Å². The van der Waals surface area contributed by atoms with E-state index in [9.17, 15) is 4.79 Å². The van der Waals surface area contributed by atoms with E-state index >= 15 is 0 Å². The average molecular weight is 301 g/mol. The van der Waals surface area contributed by atoms with Crippen LogP contribution in [0.5, 0.6) is 0 Å². The molecule has 0 bridgehead atoms. The average Bonchev–Trinajstić information content (AvgIpc) is 3.02. The first-order valence-corrected chi connectivity index (χ1v) is 6.57. The quantitative estimate of drug-likeness (QED) is 0.528. The molecule has 0 radical (unpaired) electrons. The molecule has 0 saturated carbocycles. The Morgan fingerprint density at radius 2 is 2.18 bits per heavy atom. The molecule has 0 unspecified atom stereocenters. The molecule has 1 aliphatic rings. The number of anilines is 1. The van der Waals surface area contributed by atoms with Gasteiger partial charge in [0.05, 0.1) is 12.2 Å². The first kappa shape index (κ1) is 13.7. The lowest BCUT2D eigenvalue weighted by Crippen LogP contribution is -2.45. The maximum atomic E-state index is 11.4. The van der Waals surface area contributed by atoms with E-state index < -0.39 is 6.09 Å². The second-order valence-corrected chi connectivity index (χ2v) is 4.23. The summed E-state index contributed by atoms with van der Waals surface area (Å²) in [5.41, 5.74) is 6.23. The number of hydrazine groups is 1. The van der Waals surface area contributed by atoms with Crippen LogP contribution in [0.25, 0.3) is 0 Å². The van der Waals surface area contributed by atoms with Gasteiger partial charge < -0.3 is 4.74 Å². The van der Waals surface area contributed by atoms with Gasteiger partial charge in [-0.25, -0.2) is 19.4 Å². The van der Waals surface area contributed by atoms with E-state index in [2.05, 4.69) is 31.1 Å². The number of carbonyl (C=O) groups is 1. The van der Waals surface area contributed by atoms with Crippen molar-refractivity contribution in [1.29, 1.82) is 0 Å². The SMILES string of the molecule is CCOC(=O)NNC1=[N+]=C(c2ccccc2)Nc2nonc21. The number of nitrogens with zero attached hydrogens (tertiary/aromatic N) is 3. The molecule has 22 heavy (non-hydrogen) atoms. The fourth-order valence-electron chi connectivity index (χ4n) is 1.83. The van der Waals surface area contributed by atoms with E-state index in [-0.39, 0.29) is 6.61 Å². The molecule has 0 spiro atoms. The topological polar surface area (TPSA) is 115 Å². The molecule has 1 amide bonds. The van der Waals surface area contributed by atoms with E-state index in [1.807, 2.05) is 30.3 Å². The highest BCUT2D eigenvalue weighted by Crippen LogP contribution is 2.13. The Labute approximate surface area is 125 Å². The van der Waals surface area contributed by atoms with Gasteiger partial charge in [-0.15, -0.1) is 0 Å². The predicted octanol–water partition coefficient (Wildman–Crippen LogP) is 0.00640. The van der Waals surface area contributed by atoms with Crippen LogP contribution in [0, 0.1) is 0 Å². The van der Waals surface area contributed by atoms with Gasteiger partial charge in [0, 0.05) is 0 Å². The number of ether oxygens (including phenoxy) is 1. The highest BCUT2D eigenvalue weighted by atomic mass is 16.6. The zero-order valence-electron chi connectivity index (χ0n) is 11.7. The standard InChI is InChI=1S/C13H12N6O3/c1-2-21-13(20)17-16-11-9-12(19-22-18-9)15-10(14-11)8-6-4-3-5-7-8/h3-7H,2H2,1H3,(H2,14,15,16,17,18,19,20)/p+1. The molecule has 1 aliphatic heterocycles. The number of benzene rings is 1. The normalized spacial score (nSPS) is 12.4. The molecule has 0 aliphatic carbocycles. The van der Waals surface area contributed by atoms with Crippen molar-refractivity contribution in [2.24, 2.45) is 0 Å². The summed E-state index contributed by atoms with van der Waals surface area (Å²) < 4.78 is 13.8. The van der Waals surface area contributed by atoms with Crippen LogP contribution in [0.1, 0.15) is 18.2 Å². The Morgan fingerprint density at radius 3 is 2.95 bits per heavy atom. The van der Waals surface area contributed by atoms with Crippen LogP contribution in [0.4, 0.5) is 10.6 Å². The maximum absolute atomic E-state index is 11.4. The fraction of sp³-hybridized carbons (Fsp3) is 0.154. The van der Waals surface area contributed by atoms with Crippen molar-refractivity contribution in [2.75, 3.05) is 11.9 Å². The van der Waals surface area contributed by atoms with Crippen LogP contribution in [-0.2, 0) is 4.74 Å². The molecule has 3 rings (SSSR count). The maximum Gasteiger partial charge on any atom is 0.437 e. The minimum Gasteiger partial charge on any atom is -0.448 e. The number of amidine groups is 2. The number of carbonyl (C=O) groups excluding carboxylic acids is 1. The Bertz CT molecular complexity index is 748. The minimum absolute atomic E-state index is 0.264. The lowest BCUT2D eigenvalue weighted by molar-refractivity contribution is 0.150. The molecular formula is C13H13N6O3+. The fourth-order valence-corrected chi connectivity index (χ4v) is 1.83. The van der Waals surface area contributed by atoms with Crippen LogP contribution in [0.2, 0.25) is 0 Å². The van der Waals surface area contributed by atoms with Gasteiger partial charge in [0.25, 0.3) is 11.5 Å². The van der Waals surface area contributed by atoms with Gasteiger partial charge >= 0.3 is 17.8 Å². The number of fused-ring (bicyclic) bond motifs is 1. The Kier molecular flexibility index (Phi) is 3.71. The smallest absolute Gasteiger partial charge is 0.437 e. The second-order valence-electron chi connectivity index (χ2n) is 4.23. The molecule has 0 fully saturated rings. The molecule has 1 aromatic heterocycles. The lowest BCUT2D eigenvalue weighted by atomic mass is 10.2. The first-order chi connectivity index (χ1) is 10.8. The molecule has 3 N–H and O–H groups in total. The van der Waals surface area contributed by atoms with Crippen LogP contribution in [-0.4, -0.2) is 34.7 Å². The largest absolute Gasteiger partial charge is 0.448 e. The van der Waals surface area contributed by atoms with Crippen molar-refractivity contribution in [2.45, 2.75) is 6.92 Å². The molecule has 112 valence electrons. The number of rotatable bonds is 2. The Morgan fingerprint density at radius 1 is 1.36 bits per heavy atom. The van der Waals surface area contributed by atoms with Crippen molar-refractivity contribution in [3.8, 4) is 0 Å². The number of nitrogens with one attached hydrogen (secondary N) is 3. The van der Waals surface area contributed by atoms with E-state index in [1.165, 1.54) is 0 Å². The van der Waals surface area contributed by atoms with Crippen LogP contribution in [0.3, 0.4) is 0 Å². The van der Waals surface area contributed by atoms with Gasteiger partial charge in [0.2, 0.25) is 0 Å². The highest BCUT2D eigenvalue weighted by molar-refractivity contribution is 6.16. The summed E-state index contributed by atoms with van der Waals surface area (Å²) in [6, 6.07) is 9.46. The predicted molar refractivity (Wildman–Crippen MR) is 78.0 cm³/mol. The number of aromatic nitrogens is 2. The summed E-state index contributed by atoms with van der Waals surface area (Å²) in [5, 5.41) is 10.5. The Balaban J connectivity index is 1.91. The molecule has 2 aromatic rings. The third kappa shape index (κ3) is 2.74. The van der Waals surface area contributed by atoms with E-state index in [0.29, 0.717) is 23.2 Å². The van der Waals surface area contributed by atoms with Crippen molar-refractivity contribution in [3.05, 3.63) is 41.6 Å². The summed E-state index contributed by atoms with van der Waals surface area (Å²) in [6.07, 6.45) is -0.622. The zero-order valence-corrected chi connectivity index (χ0v) is 11.7. The van der Waals surface area contributed by atoms with Gasteiger partial charge in [0.1, 0.15) is 0 Å². The van der Waals surface area contributed by atoms with Crippen molar-refractivity contribution < 1.29 is 14.2 Å². The number of hydrogen-bond donors (Lipinski definition) is 3. The monoisotopic (exact) mass is 301 g/mol. The number of hydrogen-bond acceptors (Lipinski definition) is 7. The number of amides is 1. The van der Waals surface area contributed by atoms with Crippen LogP contribution >= 0.6 is 0 Å². The second kappa shape index (κ2) is 5.98. The lowest BCUT2D eigenvalue weighted by Gasteiger charge is -2.06. The van der Waals surface area contributed by atoms with Crippen molar-refractivity contribution >= 4 is 23.6 Å². The van der Waals surface area contributed by atoms with E-state index in [0.717, 1.165) is 5.56 Å². The Hall–Kier alpha value is -3.32. The molecule has 2 heterocycles. The van der Waals surface area contributed by atoms with Gasteiger partial charge in [-0.05, 0) is 29.4 Å². The summed E-state index contributed by atoms with van der Waals surface area (Å²) in [5.74, 6) is 1.25. The summed E-state index contributed by atoms with van der Waals surface area (Å²) in [6.45, 7) is 1.97. The summed E-state index contributed by atoms with van der Waals surface area (Å²) >= 11 is 0. The van der Waals surface area contributed by atoms with Gasteiger partial charge in [0.15, 0.2) is 0 Å². The van der Waals surface area contributed by atoms with Gasteiger partial charge in [-0.2, -0.15) is 10.9 Å². The highest BCUT2D eigenvalue weighted by Gasteiger charge is 2.31. The molecule has 9 heteroatoms. The first-order valence-electron chi connectivity index (χ1n) is 6.57. The van der Waals surface area contributed by atoms with Crippen LogP contribution < -0.4 is 20.8 Å².